The van der Waals surface area contributed by atoms with Crippen molar-refractivity contribution in [3.8, 4) is 5.69 Å². The number of nitrogens with zero attached hydrogens (tertiary/aromatic N) is 2. The molecule has 0 unspecified atom stereocenters. The first kappa shape index (κ1) is 13.3. The quantitative estimate of drug-likeness (QED) is 0.857. The second-order valence-electron chi connectivity index (χ2n) is 4.39. The maximum atomic E-state index is 10.5. The van der Waals surface area contributed by atoms with Crippen LogP contribution in [0.1, 0.15) is 17.0 Å². The fourth-order valence-corrected chi connectivity index (χ4v) is 2.05. The Balaban J connectivity index is 2.22. The highest BCUT2D eigenvalue weighted by Gasteiger charge is 2.12. The molecule has 2 rings (SSSR count). The molecule has 0 bridgehead atoms. The Morgan fingerprint density at radius 1 is 1.32 bits per heavy atom. The molecule has 0 aliphatic carbocycles. The predicted molar refractivity (Wildman–Crippen MR) is 72.4 cm³/mol. The molecule has 5 heteroatoms. The zero-order chi connectivity index (χ0) is 13.8. The van der Waals surface area contributed by atoms with E-state index < -0.39 is 5.97 Å². The number of carboxylic acid groups (broad SMARTS) is 1. The first-order valence-corrected chi connectivity index (χ1v) is 6.12. The van der Waals surface area contributed by atoms with Crippen LogP contribution in [0.25, 0.3) is 5.69 Å². The van der Waals surface area contributed by atoms with E-state index in [4.69, 9.17) is 5.11 Å². The fraction of sp³-hybridized carbons (Fsp3) is 0.286. The SMILES string of the molecule is Cc1nn(-c2ccccc2)c(C)c1CNCC(=O)O. The lowest BCUT2D eigenvalue weighted by Gasteiger charge is -2.05. The Kier molecular flexibility index (Phi) is 3.97. The summed E-state index contributed by atoms with van der Waals surface area (Å²) in [7, 11) is 0. The minimum absolute atomic E-state index is 0.0462. The molecule has 0 radical (unpaired) electrons. The maximum absolute atomic E-state index is 10.5. The van der Waals surface area contributed by atoms with E-state index in [0.717, 1.165) is 22.6 Å². The van der Waals surface area contributed by atoms with Crippen molar-refractivity contribution < 1.29 is 9.90 Å². The summed E-state index contributed by atoms with van der Waals surface area (Å²) in [5.41, 5.74) is 4.00. The summed E-state index contributed by atoms with van der Waals surface area (Å²) < 4.78 is 1.88. The van der Waals surface area contributed by atoms with E-state index in [1.54, 1.807) is 0 Å². The minimum Gasteiger partial charge on any atom is -0.480 e. The molecule has 0 saturated heterocycles. The van der Waals surface area contributed by atoms with E-state index in [0.29, 0.717) is 6.54 Å². The van der Waals surface area contributed by atoms with Gasteiger partial charge in [-0.2, -0.15) is 5.10 Å². The van der Waals surface area contributed by atoms with Gasteiger partial charge in [-0.05, 0) is 26.0 Å². The number of para-hydroxylation sites is 1. The van der Waals surface area contributed by atoms with Gasteiger partial charge in [-0.3, -0.25) is 4.79 Å². The lowest BCUT2D eigenvalue weighted by Crippen LogP contribution is -2.22. The first-order valence-electron chi connectivity index (χ1n) is 6.12. The fourth-order valence-electron chi connectivity index (χ4n) is 2.05. The van der Waals surface area contributed by atoms with Crippen molar-refractivity contribution in [2.24, 2.45) is 0 Å². The van der Waals surface area contributed by atoms with Gasteiger partial charge in [-0.25, -0.2) is 4.68 Å². The highest BCUT2D eigenvalue weighted by molar-refractivity contribution is 5.69. The molecule has 5 nitrogen and oxygen atoms in total. The van der Waals surface area contributed by atoms with Crippen LogP contribution in [-0.4, -0.2) is 27.4 Å². The van der Waals surface area contributed by atoms with Crippen LogP contribution in [0.4, 0.5) is 0 Å². The second-order valence-corrected chi connectivity index (χ2v) is 4.39. The monoisotopic (exact) mass is 259 g/mol. The molecule has 1 aromatic heterocycles. The number of hydrogen-bond donors (Lipinski definition) is 2. The Morgan fingerprint density at radius 3 is 2.63 bits per heavy atom. The molecule has 0 aliphatic rings. The Bertz CT molecular complexity index is 576. The zero-order valence-corrected chi connectivity index (χ0v) is 11.1. The number of carboxylic acids is 1. The standard InChI is InChI=1S/C14H17N3O2/c1-10-13(8-15-9-14(18)19)11(2)17(16-10)12-6-4-3-5-7-12/h3-7,15H,8-9H2,1-2H3,(H,18,19). The van der Waals surface area contributed by atoms with Gasteiger partial charge in [0.15, 0.2) is 0 Å². The van der Waals surface area contributed by atoms with Crippen molar-refractivity contribution in [3.05, 3.63) is 47.3 Å². The third-order valence-electron chi connectivity index (χ3n) is 3.02. The van der Waals surface area contributed by atoms with Crippen molar-refractivity contribution in [1.82, 2.24) is 15.1 Å². The van der Waals surface area contributed by atoms with Gasteiger partial charge in [0, 0.05) is 17.8 Å². The Hall–Kier alpha value is -2.14. The molecule has 0 aliphatic heterocycles. The van der Waals surface area contributed by atoms with Gasteiger partial charge in [-0.15, -0.1) is 0 Å². The van der Waals surface area contributed by atoms with Gasteiger partial charge in [0.2, 0.25) is 0 Å². The number of carbonyl (C=O) groups is 1. The molecule has 0 saturated carbocycles. The lowest BCUT2D eigenvalue weighted by molar-refractivity contribution is -0.136. The third kappa shape index (κ3) is 3.00. The topological polar surface area (TPSA) is 67.2 Å². The summed E-state index contributed by atoms with van der Waals surface area (Å²) in [6, 6.07) is 9.88. The number of benzene rings is 1. The number of aryl methyl sites for hydroxylation is 1. The molecule has 0 atom stereocenters. The normalized spacial score (nSPS) is 10.6. The molecular weight excluding hydrogens is 242 g/mol. The molecule has 2 aromatic rings. The third-order valence-corrected chi connectivity index (χ3v) is 3.02. The number of hydrogen-bond acceptors (Lipinski definition) is 3. The van der Waals surface area contributed by atoms with E-state index in [1.807, 2.05) is 48.9 Å². The van der Waals surface area contributed by atoms with Crippen LogP contribution in [0.3, 0.4) is 0 Å². The summed E-state index contributed by atoms with van der Waals surface area (Å²) in [6.07, 6.45) is 0. The molecule has 1 heterocycles. The molecule has 19 heavy (non-hydrogen) atoms. The highest BCUT2D eigenvalue weighted by Crippen LogP contribution is 2.17. The Morgan fingerprint density at radius 2 is 2.00 bits per heavy atom. The van der Waals surface area contributed by atoms with Gasteiger partial charge in [0.05, 0.1) is 17.9 Å². The van der Waals surface area contributed by atoms with Crippen LogP contribution in [0.5, 0.6) is 0 Å². The van der Waals surface area contributed by atoms with Gasteiger partial charge >= 0.3 is 5.97 Å². The van der Waals surface area contributed by atoms with Crippen LogP contribution in [0, 0.1) is 13.8 Å². The van der Waals surface area contributed by atoms with Crippen molar-refractivity contribution in [2.75, 3.05) is 6.54 Å². The van der Waals surface area contributed by atoms with Crippen LogP contribution in [-0.2, 0) is 11.3 Å². The maximum Gasteiger partial charge on any atom is 0.317 e. The van der Waals surface area contributed by atoms with E-state index in [-0.39, 0.29) is 6.54 Å². The summed E-state index contributed by atoms with van der Waals surface area (Å²) in [6.45, 7) is 4.39. The molecule has 0 amide bonds. The number of rotatable bonds is 5. The van der Waals surface area contributed by atoms with Gasteiger partial charge < -0.3 is 10.4 Å². The Labute approximate surface area is 111 Å². The van der Waals surface area contributed by atoms with E-state index >= 15 is 0 Å². The summed E-state index contributed by atoms with van der Waals surface area (Å²) in [5.74, 6) is -0.856. The first-order chi connectivity index (χ1) is 9.09. The van der Waals surface area contributed by atoms with Crippen LogP contribution < -0.4 is 5.32 Å². The second kappa shape index (κ2) is 5.67. The van der Waals surface area contributed by atoms with E-state index in [9.17, 15) is 4.79 Å². The summed E-state index contributed by atoms with van der Waals surface area (Å²) in [4.78, 5) is 10.5. The molecule has 0 fully saturated rings. The van der Waals surface area contributed by atoms with Crippen LogP contribution in [0.2, 0.25) is 0 Å². The van der Waals surface area contributed by atoms with Crippen molar-refractivity contribution >= 4 is 5.97 Å². The van der Waals surface area contributed by atoms with Crippen LogP contribution >= 0.6 is 0 Å². The van der Waals surface area contributed by atoms with Gasteiger partial charge in [0.25, 0.3) is 0 Å². The van der Waals surface area contributed by atoms with Crippen molar-refractivity contribution in [1.29, 1.82) is 0 Å². The minimum atomic E-state index is -0.856. The number of aliphatic carboxylic acids is 1. The zero-order valence-electron chi connectivity index (χ0n) is 11.1. The summed E-state index contributed by atoms with van der Waals surface area (Å²) >= 11 is 0. The van der Waals surface area contributed by atoms with Crippen molar-refractivity contribution in [2.45, 2.75) is 20.4 Å². The predicted octanol–water partition coefficient (Wildman–Crippen LogP) is 1.66. The smallest absolute Gasteiger partial charge is 0.317 e. The molecular formula is C14H17N3O2. The van der Waals surface area contributed by atoms with Crippen LogP contribution in [0.15, 0.2) is 30.3 Å². The summed E-state index contributed by atoms with van der Waals surface area (Å²) in [5, 5.41) is 16.0. The number of aromatic nitrogens is 2. The van der Waals surface area contributed by atoms with Gasteiger partial charge in [-0.1, -0.05) is 18.2 Å². The molecule has 2 N–H and O–H groups in total. The highest BCUT2D eigenvalue weighted by atomic mass is 16.4. The molecule has 1 aromatic carbocycles. The molecule has 100 valence electrons. The number of nitrogens with one attached hydrogen (secondary N) is 1. The van der Waals surface area contributed by atoms with E-state index in [1.165, 1.54) is 0 Å². The van der Waals surface area contributed by atoms with E-state index in [2.05, 4.69) is 10.4 Å². The lowest BCUT2D eigenvalue weighted by atomic mass is 10.2. The molecule has 0 spiro atoms. The van der Waals surface area contributed by atoms with Crippen molar-refractivity contribution in [3.63, 3.8) is 0 Å². The average Bonchev–Trinajstić information content (AvgIpc) is 2.67. The average molecular weight is 259 g/mol. The largest absolute Gasteiger partial charge is 0.480 e. The van der Waals surface area contributed by atoms with Gasteiger partial charge in [0.1, 0.15) is 0 Å².